The average Bonchev–Trinajstić information content (AvgIpc) is 3.29. The van der Waals surface area contributed by atoms with E-state index >= 15 is 0 Å². The Morgan fingerprint density at radius 1 is 0.344 bits per heavy atom. The van der Waals surface area contributed by atoms with Gasteiger partial charge >= 0.3 is 17.9 Å². The topological polar surface area (TPSA) is 78.9 Å². The largest absolute Gasteiger partial charge is 0.462 e. The Bertz CT molecular complexity index is 1430. The van der Waals surface area contributed by atoms with Gasteiger partial charge < -0.3 is 14.2 Å². The van der Waals surface area contributed by atoms with Crippen LogP contribution in [0.4, 0.5) is 0 Å². The first kappa shape index (κ1) is 59.5. The van der Waals surface area contributed by atoms with E-state index in [2.05, 4.69) is 118 Å². The molecule has 0 aliphatic carbocycles. The Labute approximate surface area is 392 Å². The van der Waals surface area contributed by atoms with Crippen molar-refractivity contribution >= 4 is 17.9 Å². The third kappa shape index (κ3) is 48.6. The van der Waals surface area contributed by atoms with Gasteiger partial charge in [-0.15, -0.1) is 0 Å². The van der Waals surface area contributed by atoms with Crippen molar-refractivity contribution < 1.29 is 28.6 Å². The smallest absolute Gasteiger partial charge is 0.306 e. The number of hydrogen-bond acceptors (Lipinski definition) is 6. The first-order chi connectivity index (χ1) is 31.5. The van der Waals surface area contributed by atoms with Crippen molar-refractivity contribution in [3.05, 3.63) is 134 Å². The summed E-state index contributed by atoms with van der Waals surface area (Å²) in [5.41, 5.74) is 0. The summed E-state index contributed by atoms with van der Waals surface area (Å²) in [6, 6.07) is 0. The second-order valence-corrected chi connectivity index (χ2v) is 16.0. The Kier molecular flexibility index (Phi) is 47.6. The molecule has 0 saturated carbocycles. The van der Waals surface area contributed by atoms with Crippen molar-refractivity contribution in [1.29, 1.82) is 0 Å². The summed E-state index contributed by atoms with van der Waals surface area (Å²) in [7, 11) is 0. The van der Waals surface area contributed by atoms with E-state index in [9.17, 15) is 14.4 Å². The predicted molar refractivity (Wildman–Crippen MR) is 274 cm³/mol. The van der Waals surface area contributed by atoms with Crippen LogP contribution in [0.2, 0.25) is 0 Å². The molecule has 0 radical (unpaired) electrons. The lowest BCUT2D eigenvalue weighted by atomic mass is 10.1. The van der Waals surface area contributed by atoms with Gasteiger partial charge in [0.1, 0.15) is 13.2 Å². The van der Waals surface area contributed by atoms with E-state index < -0.39 is 6.10 Å². The van der Waals surface area contributed by atoms with Gasteiger partial charge in [0.25, 0.3) is 0 Å². The average molecular weight is 883 g/mol. The van der Waals surface area contributed by atoms with Crippen molar-refractivity contribution in [2.45, 2.75) is 200 Å². The maximum absolute atomic E-state index is 12.8. The summed E-state index contributed by atoms with van der Waals surface area (Å²) in [5, 5.41) is 0. The van der Waals surface area contributed by atoms with Crippen LogP contribution in [0.1, 0.15) is 194 Å². The summed E-state index contributed by atoms with van der Waals surface area (Å²) < 4.78 is 16.7. The summed E-state index contributed by atoms with van der Waals surface area (Å²) in [4.78, 5) is 37.9. The Morgan fingerprint density at radius 2 is 0.703 bits per heavy atom. The van der Waals surface area contributed by atoms with Gasteiger partial charge in [-0.2, -0.15) is 0 Å². The lowest BCUT2D eigenvalue weighted by Crippen LogP contribution is -2.30. The molecule has 0 rings (SSSR count). The molecule has 0 N–H and O–H groups in total. The molecule has 0 aliphatic rings. The number of ether oxygens (including phenoxy) is 3. The summed E-state index contributed by atoms with van der Waals surface area (Å²) in [6.07, 6.45) is 71.6. The van der Waals surface area contributed by atoms with Gasteiger partial charge in [-0.1, -0.05) is 199 Å². The molecule has 0 aromatic carbocycles. The van der Waals surface area contributed by atoms with Crippen LogP contribution in [0.3, 0.4) is 0 Å². The van der Waals surface area contributed by atoms with Crippen LogP contribution in [0.5, 0.6) is 0 Å². The lowest BCUT2D eigenvalue weighted by molar-refractivity contribution is -0.167. The van der Waals surface area contributed by atoms with E-state index in [-0.39, 0.29) is 44.0 Å². The molecule has 0 aromatic heterocycles. The predicted octanol–water partition coefficient (Wildman–Crippen LogP) is 16.7. The van der Waals surface area contributed by atoms with E-state index in [0.29, 0.717) is 19.3 Å². The monoisotopic (exact) mass is 883 g/mol. The molecule has 358 valence electrons. The highest BCUT2D eigenvalue weighted by molar-refractivity contribution is 5.71. The van der Waals surface area contributed by atoms with E-state index in [1.165, 1.54) is 44.9 Å². The zero-order valence-corrected chi connectivity index (χ0v) is 40.7. The quantitative estimate of drug-likeness (QED) is 0.0200. The first-order valence-electron chi connectivity index (χ1n) is 25.2. The fourth-order valence-electron chi connectivity index (χ4n) is 6.22. The van der Waals surface area contributed by atoms with Crippen LogP contribution in [0, 0.1) is 0 Å². The zero-order chi connectivity index (χ0) is 46.5. The lowest BCUT2D eigenvalue weighted by Gasteiger charge is -2.18. The molecule has 0 aromatic rings. The minimum Gasteiger partial charge on any atom is -0.462 e. The second kappa shape index (κ2) is 51.2. The SMILES string of the molecule is CC\C=C/C=C\C=C/C=C\CCCCCC(=O)OCC(COC(=O)CCC/C=C\C/C=C\C/C=C\CCCCCCCC)OC(=O)CCCCC/C=C\C/C=C\C/C=C\C/C=C\CC. The van der Waals surface area contributed by atoms with Gasteiger partial charge in [-0.05, 0) is 109 Å². The standard InChI is InChI=1S/C58H90O6/c1-4-7-10-13-16-19-22-25-27-29-31-33-36-39-42-45-48-51-57(60)63-54-55(53-62-56(59)50-47-44-41-38-35-32-24-21-18-15-12-9-6-3)64-58(61)52-49-46-43-40-37-34-30-28-26-23-20-17-14-11-8-5-2/h8-9,11-12,15,17-18,20-21,24-28,31-35,37,39,42,55H,4-7,10,13-14,16,19,22-23,29-30,36,38,40-41,43-54H2,1-3H3/b11-8-,12-9-,18-15-,20-17-,24-21-,27-25-,28-26-,33-31-,35-32-,37-34-,42-39-. The van der Waals surface area contributed by atoms with E-state index in [1.54, 1.807) is 0 Å². The zero-order valence-electron chi connectivity index (χ0n) is 40.7. The minimum absolute atomic E-state index is 0.132. The molecule has 0 amide bonds. The van der Waals surface area contributed by atoms with Crippen molar-refractivity contribution in [2.24, 2.45) is 0 Å². The van der Waals surface area contributed by atoms with Crippen molar-refractivity contribution in [3.8, 4) is 0 Å². The van der Waals surface area contributed by atoms with Crippen LogP contribution in [0.15, 0.2) is 134 Å². The molecule has 0 aliphatic heterocycles. The molecule has 0 heterocycles. The normalized spacial score (nSPS) is 13.2. The third-order valence-corrected chi connectivity index (χ3v) is 9.96. The van der Waals surface area contributed by atoms with Gasteiger partial charge in [-0.3, -0.25) is 14.4 Å². The molecule has 0 fully saturated rings. The summed E-state index contributed by atoms with van der Waals surface area (Å²) in [6.45, 7) is 6.24. The van der Waals surface area contributed by atoms with Crippen LogP contribution in [-0.4, -0.2) is 37.2 Å². The second-order valence-electron chi connectivity index (χ2n) is 16.0. The molecule has 0 spiro atoms. The van der Waals surface area contributed by atoms with Gasteiger partial charge in [0.2, 0.25) is 0 Å². The number of allylic oxidation sites excluding steroid dienone is 22. The fourth-order valence-corrected chi connectivity index (χ4v) is 6.22. The minimum atomic E-state index is -0.836. The number of carbonyl (C=O) groups is 3. The molecule has 6 nitrogen and oxygen atoms in total. The van der Waals surface area contributed by atoms with Crippen LogP contribution in [-0.2, 0) is 28.6 Å². The van der Waals surface area contributed by atoms with Gasteiger partial charge in [0, 0.05) is 19.3 Å². The molecule has 6 heteroatoms. The number of unbranched alkanes of at least 4 members (excludes halogenated alkanes) is 13. The van der Waals surface area contributed by atoms with Gasteiger partial charge in [-0.25, -0.2) is 0 Å². The molecule has 0 bridgehead atoms. The van der Waals surface area contributed by atoms with Crippen LogP contribution >= 0.6 is 0 Å². The van der Waals surface area contributed by atoms with E-state index in [4.69, 9.17) is 14.2 Å². The number of carbonyl (C=O) groups excluding carboxylic acids is 3. The molecule has 1 atom stereocenters. The number of rotatable bonds is 43. The molecule has 1 unspecified atom stereocenters. The number of hydrogen-bond donors (Lipinski definition) is 0. The van der Waals surface area contributed by atoms with Gasteiger partial charge in [0.05, 0.1) is 0 Å². The highest BCUT2D eigenvalue weighted by Crippen LogP contribution is 2.11. The Balaban J connectivity index is 4.60. The highest BCUT2D eigenvalue weighted by Gasteiger charge is 2.19. The van der Waals surface area contributed by atoms with E-state index in [0.717, 1.165) is 96.3 Å². The molecular weight excluding hydrogens is 793 g/mol. The van der Waals surface area contributed by atoms with Crippen LogP contribution < -0.4 is 0 Å². The van der Waals surface area contributed by atoms with Gasteiger partial charge in [0.15, 0.2) is 6.10 Å². The summed E-state index contributed by atoms with van der Waals surface area (Å²) in [5.74, 6) is -1.06. The molecule has 0 saturated heterocycles. The maximum Gasteiger partial charge on any atom is 0.306 e. The van der Waals surface area contributed by atoms with Crippen molar-refractivity contribution in [1.82, 2.24) is 0 Å². The molecular formula is C58H90O6. The highest BCUT2D eigenvalue weighted by atomic mass is 16.6. The van der Waals surface area contributed by atoms with Crippen LogP contribution in [0.25, 0.3) is 0 Å². The fraction of sp³-hybridized carbons (Fsp3) is 0.569. The summed E-state index contributed by atoms with van der Waals surface area (Å²) >= 11 is 0. The van der Waals surface area contributed by atoms with E-state index in [1.807, 2.05) is 36.5 Å². The third-order valence-electron chi connectivity index (χ3n) is 9.96. The Morgan fingerprint density at radius 3 is 1.20 bits per heavy atom. The maximum atomic E-state index is 12.8. The molecule has 64 heavy (non-hydrogen) atoms. The Hall–Kier alpha value is -4.45. The van der Waals surface area contributed by atoms with Crippen molar-refractivity contribution in [2.75, 3.05) is 13.2 Å². The first-order valence-corrected chi connectivity index (χ1v) is 25.2. The van der Waals surface area contributed by atoms with Crippen molar-refractivity contribution in [3.63, 3.8) is 0 Å². The number of esters is 3.